The molecular weight excluding hydrogens is 396 g/mol. The molecule has 1 fully saturated rings. The van der Waals surface area contributed by atoms with Crippen LogP contribution in [0, 0.1) is 0 Å². The van der Waals surface area contributed by atoms with Crippen molar-refractivity contribution in [2.75, 3.05) is 33.9 Å². The molecule has 0 unspecified atom stereocenters. The summed E-state index contributed by atoms with van der Waals surface area (Å²) in [5.74, 6) is 2.58. The Kier molecular flexibility index (Phi) is 6.89. The smallest absolute Gasteiger partial charge is 0.235 e. The van der Waals surface area contributed by atoms with Crippen LogP contribution in [-0.4, -0.2) is 49.0 Å². The highest BCUT2D eigenvalue weighted by molar-refractivity contribution is 5.85. The number of methoxy groups -OCH3 is 2. The van der Waals surface area contributed by atoms with Crippen LogP contribution in [0.3, 0.4) is 0 Å². The summed E-state index contributed by atoms with van der Waals surface area (Å²) >= 11 is 0. The van der Waals surface area contributed by atoms with Gasteiger partial charge in [0.2, 0.25) is 11.8 Å². The molecule has 2 aromatic heterocycles. The van der Waals surface area contributed by atoms with Crippen molar-refractivity contribution in [1.29, 1.82) is 0 Å². The lowest BCUT2D eigenvalue weighted by molar-refractivity contribution is 0.0849. The van der Waals surface area contributed by atoms with Crippen molar-refractivity contribution in [1.82, 2.24) is 20.4 Å². The zero-order chi connectivity index (χ0) is 19.4. The standard InChI is InChI=1S/C20H24N4O4.ClH/c1-25-13-20(7-9-21-10-8-20)19-23-17(24-28-19)11-15-12-27-18(22-15)14-3-5-16(26-2)6-4-14;/h3-6,12,21H,7-11,13H2,1-2H3;1H. The van der Waals surface area contributed by atoms with Crippen LogP contribution in [0.15, 0.2) is 39.5 Å². The molecule has 4 rings (SSSR count). The highest BCUT2D eigenvalue weighted by atomic mass is 35.5. The molecule has 0 radical (unpaired) electrons. The van der Waals surface area contributed by atoms with Gasteiger partial charge in [0.1, 0.15) is 12.0 Å². The van der Waals surface area contributed by atoms with Crippen LogP contribution in [0.1, 0.15) is 30.3 Å². The summed E-state index contributed by atoms with van der Waals surface area (Å²) in [6.07, 6.45) is 3.90. The topological polar surface area (TPSA) is 95.4 Å². The average Bonchev–Trinajstić information content (AvgIpc) is 3.40. The molecule has 156 valence electrons. The first-order chi connectivity index (χ1) is 13.7. The first-order valence-corrected chi connectivity index (χ1v) is 9.34. The lowest BCUT2D eigenvalue weighted by atomic mass is 9.79. The van der Waals surface area contributed by atoms with Crippen LogP contribution in [0.25, 0.3) is 11.5 Å². The minimum atomic E-state index is -0.219. The van der Waals surface area contributed by atoms with Crippen molar-refractivity contribution in [2.24, 2.45) is 0 Å². The predicted molar refractivity (Wildman–Crippen MR) is 109 cm³/mol. The maximum absolute atomic E-state index is 5.61. The predicted octanol–water partition coefficient (Wildman–Crippen LogP) is 3.01. The van der Waals surface area contributed by atoms with Crippen molar-refractivity contribution in [3.8, 4) is 17.2 Å². The number of oxazole rings is 1. The van der Waals surface area contributed by atoms with Crippen LogP contribution in [-0.2, 0) is 16.6 Å². The molecule has 1 aliphatic rings. The zero-order valence-corrected chi connectivity index (χ0v) is 17.3. The fraction of sp³-hybridized carbons (Fsp3) is 0.450. The fourth-order valence-electron chi connectivity index (χ4n) is 3.56. The van der Waals surface area contributed by atoms with E-state index in [1.54, 1.807) is 20.5 Å². The summed E-state index contributed by atoms with van der Waals surface area (Å²) in [6.45, 7) is 2.40. The Morgan fingerprint density at radius 1 is 1.10 bits per heavy atom. The van der Waals surface area contributed by atoms with Crippen molar-refractivity contribution in [3.63, 3.8) is 0 Å². The Morgan fingerprint density at radius 2 is 1.86 bits per heavy atom. The molecule has 3 heterocycles. The van der Waals surface area contributed by atoms with Gasteiger partial charge in [0.25, 0.3) is 0 Å². The molecule has 0 spiro atoms. The third-order valence-electron chi connectivity index (χ3n) is 5.13. The number of benzene rings is 1. The molecule has 8 nitrogen and oxygen atoms in total. The van der Waals surface area contributed by atoms with Gasteiger partial charge in [0.15, 0.2) is 5.82 Å². The number of piperidine rings is 1. The van der Waals surface area contributed by atoms with Gasteiger partial charge in [-0.15, -0.1) is 12.4 Å². The number of nitrogens with zero attached hydrogens (tertiary/aromatic N) is 3. The van der Waals surface area contributed by atoms with Crippen LogP contribution in [0.5, 0.6) is 5.75 Å². The highest BCUT2D eigenvalue weighted by Gasteiger charge is 2.39. The van der Waals surface area contributed by atoms with Crippen LogP contribution < -0.4 is 10.1 Å². The lowest BCUT2D eigenvalue weighted by Crippen LogP contribution is -2.43. The molecule has 29 heavy (non-hydrogen) atoms. The third kappa shape index (κ3) is 4.60. The van der Waals surface area contributed by atoms with Crippen molar-refractivity contribution >= 4 is 12.4 Å². The lowest BCUT2D eigenvalue weighted by Gasteiger charge is -2.33. The summed E-state index contributed by atoms with van der Waals surface area (Å²) in [5, 5.41) is 7.52. The first-order valence-electron chi connectivity index (χ1n) is 9.34. The van der Waals surface area contributed by atoms with Crippen LogP contribution in [0.4, 0.5) is 0 Å². The number of hydrogen-bond donors (Lipinski definition) is 1. The summed E-state index contributed by atoms with van der Waals surface area (Å²) in [4.78, 5) is 9.18. The Hall–Kier alpha value is -2.42. The molecule has 1 aromatic carbocycles. The van der Waals surface area contributed by atoms with Crippen LogP contribution in [0.2, 0.25) is 0 Å². The molecule has 1 N–H and O–H groups in total. The number of ether oxygens (including phenoxy) is 2. The van der Waals surface area contributed by atoms with Gasteiger partial charge in [-0.25, -0.2) is 4.98 Å². The quantitative estimate of drug-likeness (QED) is 0.623. The second-order valence-corrected chi connectivity index (χ2v) is 7.03. The number of hydrogen-bond acceptors (Lipinski definition) is 8. The SMILES string of the molecule is COCC1(c2nc(Cc3coc(-c4ccc(OC)cc4)n3)no2)CCNCC1.Cl. The van der Waals surface area contributed by atoms with E-state index in [0.717, 1.165) is 42.9 Å². The molecule has 0 amide bonds. The van der Waals surface area contributed by atoms with E-state index in [0.29, 0.717) is 30.6 Å². The van der Waals surface area contributed by atoms with Gasteiger partial charge >= 0.3 is 0 Å². The molecule has 1 saturated heterocycles. The Labute approximate surface area is 175 Å². The van der Waals surface area contributed by atoms with E-state index in [-0.39, 0.29) is 17.8 Å². The minimum absolute atomic E-state index is 0. The van der Waals surface area contributed by atoms with Crippen molar-refractivity contribution in [3.05, 3.63) is 47.9 Å². The highest BCUT2D eigenvalue weighted by Crippen LogP contribution is 2.33. The maximum Gasteiger partial charge on any atom is 0.235 e. The van der Waals surface area contributed by atoms with Gasteiger partial charge in [0, 0.05) is 12.7 Å². The molecule has 0 aliphatic carbocycles. The monoisotopic (exact) mass is 420 g/mol. The van der Waals surface area contributed by atoms with Gasteiger partial charge < -0.3 is 23.7 Å². The molecule has 3 aromatic rings. The Morgan fingerprint density at radius 3 is 2.55 bits per heavy atom. The fourth-order valence-corrected chi connectivity index (χ4v) is 3.56. The molecule has 1 aliphatic heterocycles. The summed E-state index contributed by atoms with van der Waals surface area (Å²) in [5.41, 5.74) is 1.42. The first kappa shape index (κ1) is 21.3. The van der Waals surface area contributed by atoms with E-state index in [2.05, 4.69) is 20.4 Å². The third-order valence-corrected chi connectivity index (χ3v) is 5.13. The summed E-state index contributed by atoms with van der Waals surface area (Å²) < 4.78 is 21.8. The van der Waals surface area contributed by atoms with Crippen molar-refractivity contribution in [2.45, 2.75) is 24.7 Å². The minimum Gasteiger partial charge on any atom is -0.497 e. The molecule has 0 atom stereocenters. The van der Waals surface area contributed by atoms with Gasteiger partial charge in [-0.3, -0.25) is 0 Å². The van der Waals surface area contributed by atoms with Crippen molar-refractivity contribution < 1.29 is 18.4 Å². The van der Waals surface area contributed by atoms with E-state index < -0.39 is 0 Å². The number of rotatable bonds is 7. The van der Waals surface area contributed by atoms with Gasteiger partial charge in [-0.05, 0) is 50.2 Å². The number of halogens is 1. The van der Waals surface area contributed by atoms with Crippen LogP contribution >= 0.6 is 12.4 Å². The second kappa shape index (κ2) is 9.39. The average molecular weight is 421 g/mol. The zero-order valence-electron chi connectivity index (χ0n) is 16.5. The number of aromatic nitrogens is 3. The Balaban J connectivity index is 0.00000240. The normalized spacial score (nSPS) is 15.7. The van der Waals surface area contributed by atoms with Gasteiger partial charge in [-0.2, -0.15) is 4.98 Å². The van der Waals surface area contributed by atoms with E-state index >= 15 is 0 Å². The molecule has 0 bridgehead atoms. The number of nitrogens with one attached hydrogen (secondary N) is 1. The molecule has 0 saturated carbocycles. The van der Waals surface area contributed by atoms with Gasteiger partial charge in [-0.1, -0.05) is 5.16 Å². The Bertz CT molecular complexity index is 898. The second-order valence-electron chi connectivity index (χ2n) is 7.03. The van der Waals surface area contributed by atoms with Gasteiger partial charge in [0.05, 0.1) is 31.2 Å². The van der Waals surface area contributed by atoms with E-state index in [1.807, 2.05) is 24.3 Å². The summed E-state index contributed by atoms with van der Waals surface area (Å²) in [7, 11) is 3.34. The molecule has 9 heteroatoms. The molecular formula is C20H25ClN4O4. The van der Waals surface area contributed by atoms with E-state index in [1.165, 1.54) is 0 Å². The van der Waals surface area contributed by atoms with E-state index in [9.17, 15) is 0 Å². The largest absolute Gasteiger partial charge is 0.497 e. The maximum atomic E-state index is 5.61. The van der Waals surface area contributed by atoms with E-state index in [4.69, 9.17) is 18.4 Å². The summed E-state index contributed by atoms with van der Waals surface area (Å²) in [6, 6.07) is 7.57.